The third kappa shape index (κ3) is 3.06. The Kier molecular flexibility index (Phi) is 4.71. The number of nitrogens with two attached hydrogens (primary N) is 1. The highest BCUT2D eigenvalue weighted by molar-refractivity contribution is 5.99. The second-order valence-electron chi connectivity index (χ2n) is 5.66. The quantitative estimate of drug-likeness (QED) is 0.871. The maximum Gasteiger partial charge on any atom is 0.252 e. The van der Waals surface area contributed by atoms with E-state index in [4.69, 9.17) is 15.2 Å². The van der Waals surface area contributed by atoms with Gasteiger partial charge in [0.25, 0.3) is 5.91 Å². The minimum Gasteiger partial charge on any atom is -0.496 e. The number of aryl methyl sites for hydroxylation is 2. The number of amides is 2. The van der Waals surface area contributed by atoms with Crippen LogP contribution < -0.4 is 15.8 Å². The molecule has 2 amide bonds. The summed E-state index contributed by atoms with van der Waals surface area (Å²) >= 11 is 0. The van der Waals surface area contributed by atoms with Crippen LogP contribution in [0.2, 0.25) is 0 Å². The molecule has 0 bridgehead atoms. The van der Waals surface area contributed by atoms with Crippen molar-refractivity contribution in [1.82, 2.24) is 5.32 Å². The zero-order chi connectivity index (χ0) is 16.3. The summed E-state index contributed by atoms with van der Waals surface area (Å²) < 4.78 is 10.6. The third-order valence-corrected chi connectivity index (χ3v) is 4.10. The van der Waals surface area contributed by atoms with Gasteiger partial charge in [-0.1, -0.05) is 0 Å². The lowest BCUT2D eigenvalue weighted by Crippen LogP contribution is -2.60. The van der Waals surface area contributed by atoms with Crippen molar-refractivity contribution in [2.24, 2.45) is 5.73 Å². The highest BCUT2D eigenvalue weighted by Gasteiger charge is 2.40. The molecule has 0 radical (unpaired) electrons. The van der Waals surface area contributed by atoms with Crippen molar-refractivity contribution in [3.05, 3.63) is 28.8 Å². The number of hydrogen-bond donors (Lipinski definition) is 2. The Balaban J connectivity index is 2.26. The first-order valence-corrected chi connectivity index (χ1v) is 7.25. The highest BCUT2D eigenvalue weighted by atomic mass is 16.5. The van der Waals surface area contributed by atoms with Gasteiger partial charge < -0.3 is 20.5 Å². The number of rotatable bonds is 4. The van der Waals surface area contributed by atoms with Gasteiger partial charge in [-0.2, -0.15) is 0 Å². The van der Waals surface area contributed by atoms with Gasteiger partial charge in [0.2, 0.25) is 5.91 Å². The maximum absolute atomic E-state index is 12.5. The normalized spacial score (nSPS) is 16.9. The number of hydrogen-bond acceptors (Lipinski definition) is 4. The number of carbonyl (C=O) groups is 2. The fraction of sp³-hybridized carbons (Fsp3) is 0.500. The number of carbonyl (C=O) groups excluding carboxylic acids is 2. The smallest absolute Gasteiger partial charge is 0.252 e. The van der Waals surface area contributed by atoms with E-state index in [1.165, 1.54) is 0 Å². The Morgan fingerprint density at radius 1 is 1.23 bits per heavy atom. The summed E-state index contributed by atoms with van der Waals surface area (Å²) in [6, 6.07) is 3.49. The van der Waals surface area contributed by atoms with Crippen LogP contribution in [-0.4, -0.2) is 37.7 Å². The fourth-order valence-corrected chi connectivity index (χ4v) is 2.85. The molecule has 1 saturated heterocycles. The van der Waals surface area contributed by atoms with Gasteiger partial charge in [-0.15, -0.1) is 0 Å². The first-order valence-electron chi connectivity index (χ1n) is 7.25. The lowest BCUT2D eigenvalue weighted by molar-refractivity contribution is -0.127. The molecule has 6 nitrogen and oxygen atoms in total. The number of benzene rings is 1. The first kappa shape index (κ1) is 16.3. The molecule has 0 unspecified atom stereocenters. The van der Waals surface area contributed by atoms with Gasteiger partial charge in [0.1, 0.15) is 11.3 Å². The summed E-state index contributed by atoms with van der Waals surface area (Å²) in [6.07, 6.45) is 0.782. The number of primary amides is 1. The minimum absolute atomic E-state index is 0.311. The summed E-state index contributed by atoms with van der Waals surface area (Å²) in [6.45, 7) is 4.57. The van der Waals surface area contributed by atoms with Crippen LogP contribution in [0.3, 0.4) is 0 Å². The molecule has 2 rings (SSSR count). The van der Waals surface area contributed by atoms with Gasteiger partial charge in [0.15, 0.2) is 0 Å². The molecule has 120 valence electrons. The molecular weight excluding hydrogens is 284 g/mol. The molecule has 0 aliphatic carbocycles. The molecule has 0 spiro atoms. The van der Waals surface area contributed by atoms with Crippen LogP contribution >= 0.6 is 0 Å². The van der Waals surface area contributed by atoms with E-state index in [2.05, 4.69) is 5.32 Å². The average Bonchev–Trinajstić information content (AvgIpc) is 2.47. The van der Waals surface area contributed by atoms with Crippen molar-refractivity contribution in [3.63, 3.8) is 0 Å². The van der Waals surface area contributed by atoms with E-state index in [0.29, 0.717) is 31.6 Å². The second kappa shape index (κ2) is 6.36. The molecule has 0 atom stereocenters. The van der Waals surface area contributed by atoms with E-state index in [9.17, 15) is 9.59 Å². The van der Waals surface area contributed by atoms with E-state index in [-0.39, 0.29) is 5.91 Å². The molecule has 1 heterocycles. The molecule has 1 aliphatic rings. The van der Waals surface area contributed by atoms with Crippen LogP contribution in [0.15, 0.2) is 12.1 Å². The zero-order valence-electron chi connectivity index (χ0n) is 13.2. The molecule has 6 heteroatoms. The predicted octanol–water partition coefficient (Wildman–Crippen LogP) is 1.08. The van der Waals surface area contributed by atoms with E-state index < -0.39 is 11.4 Å². The third-order valence-electron chi connectivity index (χ3n) is 4.10. The summed E-state index contributed by atoms with van der Waals surface area (Å²) in [5.74, 6) is -0.0760. The second-order valence-corrected chi connectivity index (χ2v) is 5.66. The maximum atomic E-state index is 12.5. The van der Waals surface area contributed by atoms with E-state index in [0.717, 1.165) is 16.9 Å². The van der Waals surface area contributed by atoms with Crippen LogP contribution in [0.5, 0.6) is 5.75 Å². The minimum atomic E-state index is -1.03. The molecule has 0 saturated carbocycles. The lowest BCUT2D eigenvalue weighted by atomic mass is 9.88. The number of methoxy groups -OCH3 is 1. The van der Waals surface area contributed by atoms with Crippen molar-refractivity contribution >= 4 is 11.8 Å². The Hall–Kier alpha value is -2.08. The summed E-state index contributed by atoms with van der Waals surface area (Å²) in [4.78, 5) is 24.3. The monoisotopic (exact) mass is 306 g/mol. The predicted molar refractivity (Wildman–Crippen MR) is 81.9 cm³/mol. The topological polar surface area (TPSA) is 90.6 Å². The molecule has 1 aliphatic heterocycles. The SMILES string of the molecule is COc1c(C)cc(C(=O)NC2(C(N)=O)CCOCC2)cc1C. The summed E-state index contributed by atoms with van der Waals surface area (Å²) in [5.41, 5.74) is 6.70. The number of nitrogens with one attached hydrogen (secondary N) is 1. The van der Waals surface area contributed by atoms with Gasteiger partial charge >= 0.3 is 0 Å². The van der Waals surface area contributed by atoms with Crippen LogP contribution in [-0.2, 0) is 9.53 Å². The summed E-state index contributed by atoms with van der Waals surface area (Å²) in [7, 11) is 1.60. The Bertz CT molecular complexity index is 569. The van der Waals surface area contributed by atoms with Crippen molar-refractivity contribution in [2.45, 2.75) is 32.2 Å². The van der Waals surface area contributed by atoms with Crippen molar-refractivity contribution < 1.29 is 19.1 Å². The standard InChI is InChI=1S/C16H22N2O4/c1-10-8-12(9-11(2)13(10)21-3)14(19)18-16(15(17)20)4-6-22-7-5-16/h8-9H,4-7H2,1-3H3,(H2,17,20)(H,18,19). The Morgan fingerprint density at radius 2 is 1.77 bits per heavy atom. The van der Waals surface area contributed by atoms with Gasteiger partial charge in [-0.25, -0.2) is 0 Å². The van der Waals surface area contributed by atoms with Gasteiger partial charge in [0, 0.05) is 31.6 Å². The Labute approximate surface area is 130 Å². The molecule has 1 fully saturated rings. The molecule has 1 aromatic carbocycles. The van der Waals surface area contributed by atoms with Crippen molar-refractivity contribution in [1.29, 1.82) is 0 Å². The van der Waals surface area contributed by atoms with Crippen molar-refractivity contribution in [2.75, 3.05) is 20.3 Å². The van der Waals surface area contributed by atoms with E-state index in [1.54, 1.807) is 19.2 Å². The first-order chi connectivity index (χ1) is 10.4. The van der Waals surface area contributed by atoms with Crippen molar-refractivity contribution in [3.8, 4) is 5.75 Å². The Morgan fingerprint density at radius 3 is 2.23 bits per heavy atom. The molecule has 22 heavy (non-hydrogen) atoms. The molecule has 3 N–H and O–H groups in total. The summed E-state index contributed by atoms with van der Waals surface area (Å²) in [5, 5.41) is 2.81. The zero-order valence-corrected chi connectivity index (χ0v) is 13.2. The van der Waals surface area contributed by atoms with Crippen LogP contribution in [0.4, 0.5) is 0 Å². The van der Waals surface area contributed by atoms with E-state index >= 15 is 0 Å². The van der Waals surface area contributed by atoms with Crippen LogP contribution in [0.1, 0.15) is 34.3 Å². The van der Waals surface area contributed by atoms with Crippen LogP contribution in [0, 0.1) is 13.8 Å². The van der Waals surface area contributed by atoms with Gasteiger partial charge in [-0.05, 0) is 37.1 Å². The van der Waals surface area contributed by atoms with Crippen LogP contribution in [0.25, 0.3) is 0 Å². The molecular formula is C16H22N2O4. The largest absolute Gasteiger partial charge is 0.496 e. The molecule has 1 aromatic rings. The molecule has 0 aromatic heterocycles. The number of ether oxygens (including phenoxy) is 2. The lowest BCUT2D eigenvalue weighted by Gasteiger charge is -2.35. The van der Waals surface area contributed by atoms with Gasteiger partial charge in [0.05, 0.1) is 7.11 Å². The van der Waals surface area contributed by atoms with E-state index in [1.807, 2.05) is 13.8 Å². The average molecular weight is 306 g/mol. The fourth-order valence-electron chi connectivity index (χ4n) is 2.85. The van der Waals surface area contributed by atoms with Gasteiger partial charge in [-0.3, -0.25) is 9.59 Å². The highest BCUT2D eigenvalue weighted by Crippen LogP contribution is 2.26.